The largest absolute Gasteiger partial charge is 0.463 e. The summed E-state index contributed by atoms with van der Waals surface area (Å²) in [6, 6.07) is 3.10. The van der Waals surface area contributed by atoms with Crippen LogP contribution in [-0.2, 0) is 21.3 Å². The predicted octanol–water partition coefficient (Wildman–Crippen LogP) is 1.72. The van der Waals surface area contributed by atoms with Gasteiger partial charge in [0.2, 0.25) is 5.76 Å². The van der Waals surface area contributed by atoms with E-state index in [4.69, 9.17) is 8.94 Å². The van der Waals surface area contributed by atoms with E-state index in [1.165, 1.54) is 37.2 Å². The topological polar surface area (TPSA) is 129 Å². The number of aryl methyl sites for hydroxylation is 2. The number of esters is 1. The van der Waals surface area contributed by atoms with Crippen molar-refractivity contribution in [3.05, 3.63) is 47.5 Å². The van der Waals surface area contributed by atoms with E-state index < -0.39 is 16.0 Å². The molecule has 0 bridgehead atoms. The lowest BCUT2D eigenvalue weighted by molar-refractivity contribution is 0.0562. The summed E-state index contributed by atoms with van der Waals surface area (Å²) >= 11 is 0. The Morgan fingerprint density at radius 3 is 2.77 bits per heavy atom. The lowest BCUT2D eigenvalue weighted by Gasteiger charge is -2.04. The van der Waals surface area contributed by atoms with Crippen molar-refractivity contribution in [2.45, 2.75) is 25.3 Å². The zero-order chi connectivity index (χ0) is 18.9. The van der Waals surface area contributed by atoms with Crippen molar-refractivity contribution in [3.63, 3.8) is 0 Å². The summed E-state index contributed by atoms with van der Waals surface area (Å²) in [5.41, 5.74) is 0.540. The SMILES string of the molecule is COC(=O)c1ccc(Cn2cc(NS(=O)(=O)c3c(C)noc3C)cn2)o1. The number of anilines is 1. The molecule has 26 heavy (non-hydrogen) atoms. The zero-order valence-electron chi connectivity index (χ0n) is 14.2. The predicted molar refractivity (Wildman–Crippen MR) is 88.2 cm³/mol. The fourth-order valence-corrected chi connectivity index (χ4v) is 3.76. The van der Waals surface area contributed by atoms with Gasteiger partial charge in [0, 0.05) is 6.20 Å². The smallest absolute Gasteiger partial charge is 0.373 e. The maximum absolute atomic E-state index is 12.5. The number of sulfonamides is 1. The van der Waals surface area contributed by atoms with Gasteiger partial charge in [0.15, 0.2) is 10.7 Å². The van der Waals surface area contributed by atoms with Crippen molar-refractivity contribution in [1.82, 2.24) is 14.9 Å². The van der Waals surface area contributed by atoms with Crippen LogP contribution in [0.1, 0.15) is 27.8 Å². The molecule has 0 aliphatic carbocycles. The van der Waals surface area contributed by atoms with Crippen LogP contribution >= 0.6 is 0 Å². The first kappa shape index (κ1) is 17.7. The van der Waals surface area contributed by atoms with Crippen LogP contribution in [0.25, 0.3) is 0 Å². The molecule has 0 radical (unpaired) electrons. The summed E-state index contributed by atoms with van der Waals surface area (Å²) in [7, 11) is -2.59. The van der Waals surface area contributed by atoms with Gasteiger partial charge in [-0.05, 0) is 26.0 Å². The van der Waals surface area contributed by atoms with Crippen molar-refractivity contribution in [2.75, 3.05) is 11.8 Å². The Kier molecular flexibility index (Phi) is 4.55. The summed E-state index contributed by atoms with van der Waals surface area (Å²) in [5.74, 6) is 0.167. The lowest BCUT2D eigenvalue weighted by atomic mass is 10.4. The number of rotatable bonds is 6. The summed E-state index contributed by atoms with van der Waals surface area (Å²) in [6.07, 6.45) is 2.86. The Labute approximate surface area is 148 Å². The van der Waals surface area contributed by atoms with E-state index in [1.54, 1.807) is 13.0 Å². The molecule has 3 rings (SSSR count). The molecule has 0 atom stereocenters. The van der Waals surface area contributed by atoms with Crippen LogP contribution in [0.15, 0.2) is 38.4 Å². The fourth-order valence-electron chi connectivity index (χ4n) is 2.40. The number of nitrogens with zero attached hydrogens (tertiary/aromatic N) is 3. The molecule has 3 heterocycles. The molecule has 1 N–H and O–H groups in total. The first-order valence-electron chi connectivity index (χ1n) is 7.45. The number of carbonyl (C=O) groups is 1. The van der Waals surface area contributed by atoms with Gasteiger partial charge >= 0.3 is 5.97 Å². The highest BCUT2D eigenvalue weighted by atomic mass is 32.2. The van der Waals surface area contributed by atoms with Gasteiger partial charge in [0.25, 0.3) is 10.0 Å². The Bertz CT molecular complexity index is 1030. The minimum atomic E-state index is -3.85. The number of aromatic nitrogens is 3. The van der Waals surface area contributed by atoms with Crippen molar-refractivity contribution in [2.24, 2.45) is 0 Å². The Morgan fingerprint density at radius 1 is 1.35 bits per heavy atom. The molecule has 0 aliphatic heterocycles. The molecule has 0 unspecified atom stereocenters. The molecular formula is C15H16N4O6S. The molecule has 0 spiro atoms. The summed E-state index contributed by atoms with van der Waals surface area (Å²) < 4.78 is 43.6. The van der Waals surface area contributed by atoms with Gasteiger partial charge in [-0.1, -0.05) is 5.16 Å². The van der Waals surface area contributed by atoms with Crippen LogP contribution in [0.3, 0.4) is 0 Å². The highest BCUT2D eigenvalue weighted by molar-refractivity contribution is 7.92. The molecule has 0 amide bonds. The van der Waals surface area contributed by atoms with E-state index in [9.17, 15) is 13.2 Å². The van der Waals surface area contributed by atoms with Gasteiger partial charge < -0.3 is 13.7 Å². The summed E-state index contributed by atoms with van der Waals surface area (Å²) in [5, 5.41) is 7.71. The number of carbonyl (C=O) groups excluding carboxylic acids is 1. The van der Waals surface area contributed by atoms with Gasteiger partial charge in [-0.2, -0.15) is 5.10 Å². The third-order valence-corrected chi connectivity index (χ3v) is 5.11. The first-order valence-corrected chi connectivity index (χ1v) is 8.93. The second-order valence-corrected chi connectivity index (χ2v) is 7.06. The van der Waals surface area contributed by atoms with Crippen molar-refractivity contribution >= 4 is 21.7 Å². The minimum absolute atomic E-state index is 0.000922. The quantitative estimate of drug-likeness (QED) is 0.640. The first-order chi connectivity index (χ1) is 12.3. The van der Waals surface area contributed by atoms with Gasteiger partial charge in [-0.25, -0.2) is 13.2 Å². The molecule has 3 aromatic heterocycles. The fraction of sp³-hybridized carbons (Fsp3) is 0.267. The highest BCUT2D eigenvalue weighted by Crippen LogP contribution is 2.22. The van der Waals surface area contributed by atoms with Crippen LogP contribution in [0.5, 0.6) is 0 Å². The Balaban J connectivity index is 1.74. The maximum Gasteiger partial charge on any atom is 0.373 e. The molecule has 0 aliphatic rings. The number of hydrogen-bond acceptors (Lipinski definition) is 8. The average molecular weight is 380 g/mol. The molecular weight excluding hydrogens is 364 g/mol. The van der Waals surface area contributed by atoms with Crippen LogP contribution in [-0.4, -0.2) is 36.4 Å². The monoisotopic (exact) mass is 380 g/mol. The molecule has 0 aromatic carbocycles. The van der Waals surface area contributed by atoms with Crippen molar-refractivity contribution in [3.8, 4) is 0 Å². The van der Waals surface area contributed by atoms with Gasteiger partial charge in [0.1, 0.15) is 11.5 Å². The molecule has 11 heteroatoms. The van der Waals surface area contributed by atoms with Crippen molar-refractivity contribution in [1.29, 1.82) is 0 Å². The third kappa shape index (κ3) is 3.47. The zero-order valence-corrected chi connectivity index (χ0v) is 15.0. The van der Waals surface area contributed by atoms with E-state index >= 15 is 0 Å². The second-order valence-electron chi connectivity index (χ2n) is 5.44. The van der Waals surface area contributed by atoms with E-state index in [0.29, 0.717) is 5.76 Å². The second kappa shape index (κ2) is 6.67. The number of nitrogens with one attached hydrogen (secondary N) is 1. The lowest BCUT2D eigenvalue weighted by Crippen LogP contribution is -2.14. The highest BCUT2D eigenvalue weighted by Gasteiger charge is 2.24. The normalized spacial score (nSPS) is 11.5. The van der Waals surface area contributed by atoms with E-state index in [0.717, 1.165) is 0 Å². The third-order valence-electron chi connectivity index (χ3n) is 3.49. The van der Waals surface area contributed by atoms with E-state index in [1.807, 2.05) is 0 Å². The van der Waals surface area contributed by atoms with Gasteiger partial charge in [-0.15, -0.1) is 0 Å². The summed E-state index contributed by atoms with van der Waals surface area (Å²) in [4.78, 5) is 11.4. The average Bonchev–Trinajstić information content (AvgIpc) is 3.28. The molecule has 10 nitrogen and oxygen atoms in total. The molecule has 0 saturated carbocycles. The standard InChI is InChI=1S/C15H16N4O6S/c1-9-14(10(2)25-17-9)26(21,22)18-11-6-16-19(7-11)8-12-4-5-13(24-12)15(20)23-3/h4-7,18H,8H2,1-3H3. The van der Waals surface area contributed by atoms with E-state index in [-0.39, 0.29) is 34.3 Å². The number of methoxy groups -OCH3 is 1. The maximum atomic E-state index is 12.5. The van der Waals surface area contributed by atoms with E-state index in [2.05, 4.69) is 19.7 Å². The van der Waals surface area contributed by atoms with Crippen LogP contribution in [0, 0.1) is 13.8 Å². The van der Waals surface area contributed by atoms with Crippen molar-refractivity contribution < 1.29 is 26.9 Å². The minimum Gasteiger partial charge on any atom is -0.463 e. The van der Waals surface area contributed by atoms with Gasteiger partial charge in [0.05, 0.1) is 25.5 Å². The van der Waals surface area contributed by atoms with Crippen LogP contribution < -0.4 is 4.72 Å². The molecule has 0 saturated heterocycles. The van der Waals surface area contributed by atoms with Gasteiger partial charge in [-0.3, -0.25) is 9.40 Å². The number of hydrogen-bond donors (Lipinski definition) is 1. The molecule has 138 valence electrons. The van der Waals surface area contributed by atoms with Crippen LogP contribution in [0.2, 0.25) is 0 Å². The molecule has 3 aromatic rings. The van der Waals surface area contributed by atoms with Crippen LogP contribution in [0.4, 0.5) is 5.69 Å². The Hall–Kier alpha value is -3.08. The molecule has 0 fully saturated rings. The summed E-state index contributed by atoms with van der Waals surface area (Å²) in [6.45, 7) is 3.28. The Morgan fingerprint density at radius 2 is 2.12 bits per heavy atom. The number of ether oxygens (including phenoxy) is 1. The number of furan rings is 1.